The molecule has 1 fully saturated rings. The molecule has 0 bridgehead atoms. The fourth-order valence-electron chi connectivity index (χ4n) is 3.16. The van der Waals surface area contributed by atoms with Crippen LogP contribution in [0.15, 0.2) is 60.7 Å². The first kappa shape index (κ1) is 18.8. The second-order valence-electron chi connectivity index (χ2n) is 6.71. The fourth-order valence-corrected chi connectivity index (χ4v) is 3.36. The van der Waals surface area contributed by atoms with Gasteiger partial charge in [0.25, 0.3) is 0 Å². The lowest BCUT2D eigenvalue weighted by molar-refractivity contribution is -0.114. The third-order valence-corrected chi connectivity index (χ3v) is 4.93. The van der Waals surface area contributed by atoms with Crippen LogP contribution >= 0.6 is 11.6 Å². The topological polar surface area (TPSA) is 23.6 Å². The van der Waals surface area contributed by atoms with Gasteiger partial charge in [0.05, 0.1) is 0 Å². The minimum absolute atomic E-state index is 0.164. The quantitative estimate of drug-likeness (QED) is 0.686. The van der Waals surface area contributed by atoms with Crippen LogP contribution < -0.4 is 0 Å². The maximum atomic E-state index is 12.1. The van der Waals surface area contributed by atoms with Gasteiger partial charge in [0.2, 0.25) is 0 Å². The molecule has 1 heterocycles. The molecule has 1 aliphatic rings. The molecule has 26 heavy (non-hydrogen) atoms. The molecule has 1 saturated heterocycles. The van der Waals surface area contributed by atoms with Gasteiger partial charge in [-0.3, -0.25) is 9.69 Å². The number of halogens is 1. The number of benzene rings is 2. The third-order valence-electron chi connectivity index (χ3n) is 4.70. The molecule has 0 unspecified atom stereocenters. The largest absolute Gasteiger partial charge is 0.300 e. The molecule has 2 aromatic carbocycles. The van der Waals surface area contributed by atoms with Gasteiger partial charge in [-0.25, -0.2) is 0 Å². The summed E-state index contributed by atoms with van der Waals surface area (Å²) in [6.45, 7) is 6.01. The Morgan fingerprint density at radius 3 is 2.42 bits per heavy atom. The van der Waals surface area contributed by atoms with Crippen LogP contribution in [0.25, 0.3) is 6.08 Å². The maximum absolute atomic E-state index is 12.1. The van der Waals surface area contributed by atoms with Crippen molar-refractivity contribution < 1.29 is 4.79 Å². The summed E-state index contributed by atoms with van der Waals surface area (Å²) in [6, 6.07) is 18.1. The van der Waals surface area contributed by atoms with E-state index in [1.165, 1.54) is 5.56 Å². The summed E-state index contributed by atoms with van der Waals surface area (Å²) < 4.78 is 0. The van der Waals surface area contributed by atoms with Crippen molar-refractivity contribution in [3.8, 4) is 0 Å². The predicted molar refractivity (Wildman–Crippen MR) is 108 cm³/mol. The molecule has 0 saturated carbocycles. The molecule has 0 aliphatic carbocycles. The van der Waals surface area contributed by atoms with E-state index in [0.29, 0.717) is 11.4 Å². The van der Waals surface area contributed by atoms with E-state index in [0.717, 1.165) is 44.8 Å². The number of hydrogen-bond acceptors (Lipinski definition) is 3. The van der Waals surface area contributed by atoms with Crippen LogP contribution in [0.2, 0.25) is 5.02 Å². The van der Waals surface area contributed by atoms with E-state index >= 15 is 0 Å². The molecular weight excluding hydrogens is 344 g/mol. The van der Waals surface area contributed by atoms with Gasteiger partial charge in [-0.05, 0) is 29.3 Å². The Hall–Kier alpha value is -1.94. The number of piperazine rings is 1. The highest BCUT2D eigenvalue weighted by Gasteiger charge is 2.17. The van der Waals surface area contributed by atoms with Crippen LogP contribution in [-0.4, -0.2) is 48.3 Å². The molecule has 0 radical (unpaired) electrons. The lowest BCUT2D eigenvalue weighted by Gasteiger charge is -2.34. The van der Waals surface area contributed by atoms with Crippen molar-refractivity contribution in [2.75, 3.05) is 32.7 Å². The van der Waals surface area contributed by atoms with Gasteiger partial charge < -0.3 is 4.90 Å². The molecule has 0 amide bonds. The molecule has 4 heteroatoms. The maximum Gasteiger partial charge on any atom is 0.156 e. The summed E-state index contributed by atoms with van der Waals surface area (Å²) in [5, 5.41) is 0.688. The van der Waals surface area contributed by atoms with Crippen molar-refractivity contribution >= 4 is 23.5 Å². The SMILES string of the molecule is O=C(C=Cc1cccc(Cl)c1)CCN1CCN(Cc2ccccc2)CC1. The highest BCUT2D eigenvalue weighted by molar-refractivity contribution is 6.30. The Balaban J connectivity index is 1.37. The minimum atomic E-state index is 0.164. The van der Waals surface area contributed by atoms with Crippen molar-refractivity contribution in [1.29, 1.82) is 0 Å². The molecule has 136 valence electrons. The second kappa shape index (κ2) is 9.67. The molecule has 0 spiro atoms. The summed E-state index contributed by atoms with van der Waals surface area (Å²) in [5.74, 6) is 0.164. The van der Waals surface area contributed by atoms with Gasteiger partial charge in [0.1, 0.15) is 0 Å². The van der Waals surface area contributed by atoms with Gasteiger partial charge in [0, 0.05) is 50.7 Å². The zero-order valence-corrected chi connectivity index (χ0v) is 15.7. The summed E-state index contributed by atoms with van der Waals surface area (Å²) in [4.78, 5) is 17.0. The van der Waals surface area contributed by atoms with Crippen LogP contribution in [0.5, 0.6) is 0 Å². The first-order chi connectivity index (χ1) is 12.7. The first-order valence-electron chi connectivity index (χ1n) is 9.14. The number of allylic oxidation sites excluding steroid dienone is 1. The smallest absolute Gasteiger partial charge is 0.156 e. The number of hydrogen-bond donors (Lipinski definition) is 0. The van der Waals surface area contributed by atoms with Gasteiger partial charge in [-0.15, -0.1) is 0 Å². The summed E-state index contributed by atoms with van der Waals surface area (Å²) >= 11 is 5.96. The molecule has 1 aliphatic heterocycles. The van der Waals surface area contributed by atoms with Crippen LogP contribution in [0.4, 0.5) is 0 Å². The van der Waals surface area contributed by atoms with Crippen LogP contribution in [0, 0.1) is 0 Å². The third kappa shape index (κ3) is 6.10. The summed E-state index contributed by atoms with van der Waals surface area (Å²) in [6.07, 6.45) is 4.07. The summed E-state index contributed by atoms with van der Waals surface area (Å²) in [7, 11) is 0. The summed E-state index contributed by atoms with van der Waals surface area (Å²) in [5.41, 5.74) is 2.32. The average molecular weight is 369 g/mol. The monoisotopic (exact) mass is 368 g/mol. The van der Waals surface area contributed by atoms with Crippen molar-refractivity contribution in [2.45, 2.75) is 13.0 Å². The van der Waals surface area contributed by atoms with E-state index in [2.05, 4.69) is 40.1 Å². The Bertz CT molecular complexity index is 737. The second-order valence-corrected chi connectivity index (χ2v) is 7.14. The Morgan fingerprint density at radius 2 is 1.69 bits per heavy atom. The molecule has 3 nitrogen and oxygen atoms in total. The van der Waals surface area contributed by atoms with Gasteiger partial charge in [-0.1, -0.05) is 60.1 Å². The minimum Gasteiger partial charge on any atom is -0.300 e. The van der Waals surface area contributed by atoms with Crippen LogP contribution in [-0.2, 0) is 11.3 Å². The zero-order chi connectivity index (χ0) is 18.2. The molecule has 0 atom stereocenters. The normalized spacial score (nSPS) is 16.2. The zero-order valence-electron chi connectivity index (χ0n) is 15.0. The number of ketones is 1. The molecule has 0 N–H and O–H groups in total. The number of carbonyl (C=O) groups excluding carboxylic acids is 1. The van der Waals surface area contributed by atoms with Gasteiger partial charge in [-0.2, -0.15) is 0 Å². The number of rotatable bonds is 7. The highest BCUT2D eigenvalue weighted by atomic mass is 35.5. The lowest BCUT2D eigenvalue weighted by atomic mass is 10.1. The van der Waals surface area contributed by atoms with E-state index in [4.69, 9.17) is 11.6 Å². The van der Waals surface area contributed by atoms with E-state index in [1.807, 2.05) is 30.3 Å². The van der Waals surface area contributed by atoms with Gasteiger partial charge in [0.15, 0.2) is 5.78 Å². The van der Waals surface area contributed by atoms with E-state index in [1.54, 1.807) is 6.08 Å². The average Bonchev–Trinajstić information content (AvgIpc) is 2.67. The fraction of sp³-hybridized carbons (Fsp3) is 0.318. The molecular formula is C22H25ClN2O. The molecule has 3 rings (SSSR count). The van der Waals surface area contributed by atoms with Crippen molar-refractivity contribution in [3.63, 3.8) is 0 Å². The highest BCUT2D eigenvalue weighted by Crippen LogP contribution is 2.12. The Kier molecular flexibility index (Phi) is 7.01. The predicted octanol–water partition coefficient (Wildman–Crippen LogP) is 4.13. The lowest BCUT2D eigenvalue weighted by Crippen LogP contribution is -2.46. The van der Waals surface area contributed by atoms with E-state index < -0.39 is 0 Å². The Morgan fingerprint density at radius 1 is 0.962 bits per heavy atom. The van der Waals surface area contributed by atoms with E-state index in [9.17, 15) is 4.79 Å². The number of carbonyl (C=O) groups is 1. The molecule has 0 aromatic heterocycles. The standard InChI is InChI=1S/C22H25ClN2O/c23-21-8-4-7-19(17-21)9-10-22(26)11-12-24-13-15-25(16-14-24)18-20-5-2-1-3-6-20/h1-10,17H,11-16,18H2. The first-order valence-corrected chi connectivity index (χ1v) is 9.52. The van der Waals surface area contributed by atoms with Crippen LogP contribution in [0.1, 0.15) is 17.5 Å². The van der Waals surface area contributed by atoms with Crippen molar-refractivity contribution in [1.82, 2.24) is 9.80 Å². The van der Waals surface area contributed by atoms with Gasteiger partial charge >= 0.3 is 0 Å². The van der Waals surface area contributed by atoms with Crippen LogP contribution in [0.3, 0.4) is 0 Å². The Labute approximate surface area is 160 Å². The molecule has 2 aromatic rings. The van der Waals surface area contributed by atoms with E-state index in [-0.39, 0.29) is 5.78 Å². The van der Waals surface area contributed by atoms with Crippen molar-refractivity contribution in [2.24, 2.45) is 0 Å². The van der Waals surface area contributed by atoms with Crippen molar-refractivity contribution in [3.05, 3.63) is 76.8 Å². The number of nitrogens with zero attached hydrogens (tertiary/aromatic N) is 2.